The van der Waals surface area contributed by atoms with E-state index in [1.54, 1.807) is 16.4 Å². The second kappa shape index (κ2) is 4.58. The van der Waals surface area contributed by atoms with Crippen molar-refractivity contribution in [1.29, 1.82) is 0 Å². The fourth-order valence-corrected chi connectivity index (χ4v) is 5.13. The van der Waals surface area contributed by atoms with Gasteiger partial charge in [0.1, 0.15) is 0 Å². The molecule has 2 atom stereocenters. The minimum absolute atomic E-state index is 0.220. The summed E-state index contributed by atoms with van der Waals surface area (Å²) in [6, 6.07) is 5.51. The molecule has 4 nitrogen and oxygen atoms in total. The van der Waals surface area contributed by atoms with E-state index in [0.717, 1.165) is 24.0 Å². The average Bonchev–Trinajstić information content (AvgIpc) is 3.01. The minimum atomic E-state index is -3.34. The Morgan fingerprint density at radius 2 is 2.16 bits per heavy atom. The van der Waals surface area contributed by atoms with E-state index in [1.165, 1.54) is 6.42 Å². The highest BCUT2D eigenvalue weighted by atomic mass is 32.2. The van der Waals surface area contributed by atoms with Crippen LogP contribution in [0.5, 0.6) is 0 Å². The molecule has 3 rings (SSSR count). The van der Waals surface area contributed by atoms with Gasteiger partial charge in [-0.25, -0.2) is 8.42 Å². The van der Waals surface area contributed by atoms with E-state index in [0.29, 0.717) is 23.9 Å². The van der Waals surface area contributed by atoms with E-state index in [1.807, 2.05) is 13.0 Å². The highest BCUT2D eigenvalue weighted by Crippen LogP contribution is 2.40. The Morgan fingerprint density at radius 3 is 2.74 bits per heavy atom. The Labute approximate surface area is 114 Å². The summed E-state index contributed by atoms with van der Waals surface area (Å²) in [6.45, 7) is 3.02. The van der Waals surface area contributed by atoms with Crippen molar-refractivity contribution in [2.75, 3.05) is 6.54 Å². The second-order valence-corrected chi connectivity index (χ2v) is 7.59. The zero-order valence-corrected chi connectivity index (χ0v) is 12.0. The summed E-state index contributed by atoms with van der Waals surface area (Å²) >= 11 is 0. The number of benzene rings is 1. The zero-order valence-electron chi connectivity index (χ0n) is 11.2. The number of hydrogen-bond acceptors (Lipinski definition) is 3. The molecule has 1 aromatic rings. The van der Waals surface area contributed by atoms with E-state index in [4.69, 9.17) is 5.73 Å². The van der Waals surface area contributed by atoms with Crippen LogP contribution in [0.1, 0.15) is 30.4 Å². The molecule has 1 heterocycles. The van der Waals surface area contributed by atoms with Crippen LogP contribution in [0.15, 0.2) is 23.1 Å². The molecule has 1 saturated heterocycles. The van der Waals surface area contributed by atoms with Gasteiger partial charge in [0.05, 0.1) is 4.90 Å². The molecule has 2 fully saturated rings. The molecule has 0 amide bonds. The number of rotatable bonds is 3. The SMILES string of the molecule is Cc1ccc(S(=O)(=O)N2CC3CCC2C3)cc1CN. The highest BCUT2D eigenvalue weighted by Gasteiger charge is 2.44. The van der Waals surface area contributed by atoms with E-state index in [-0.39, 0.29) is 6.04 Å². The van der Waals surface area contributed by atoms with E-state index in [9.17, 15) is 8.42 Å². The summed E-state index contributed by atoms with van der Waals surface area (Å²) < 4.78 is 27.1. The molecule has 104 valence electrons. The zero-order chi connectivity index (χ0) is 13.6. The molecule has 1 aliphatic carbocycles. The lowest BCUT2D eigenvalue weighted by atomic mass is 10.1. The summed E-state index contributed by atoms with van der Waals surface area (Å²) in [5.41, 5.74) is 7.62. The molecular weight excluding hydrogens is 260 g/mol. The minimum Gasteiger partial charge on any atom is -0.326 e. The third-order valence-electron chi connectivity index (χ3n) is 4.51. The maximum absolute atomic E-state index is 12.7. The quantitative estimate of drug-likeness (QED) is 0.915. The van der Waals surface area contributed by atoms with Crippen molar-refractivity contribution in [2.45, 2.75) is 43.7 Å². The van der Waals surface area contributed by atoms with Gasteiger partial charge in [-0.05, 0) is 55.4 Å². The Balaban J connectivity index is 1.96. The average molecular weight is 280 g/mol. The van der Waals surface area contributed by atoms with Gasteiger partial charge in [0.15, 0.2) is 0 Å². The maximum Gasteiger partial charge on any atom is 0.243 e. The summed E-state index contributed by atoms with van der Waals surface area (Å²) in [5, 5.41) is 0. The molecular formula is C14H20N2O2S. The van der Waals surface area contributed by atoms with Crippen LogP contribution in [0.25, 0.3) is 0 Å². The lowest BCUT2D eigenvalue weighted by molar-refractivity contribution is 0.333. The van der Waals surface area contributed by atoms with Gasteiger partial charge >= 0.3 is 0 Å². The number of sulfonamides is 1. The largest absolute Gasteiger partial charge is 0.326 e. The number of nitrogens with zero attached hydrogens (tertiary/aromatic N) is 1. The Hall–Kier alpha value is -0.910. The van der Waals surface area contributed by atoms with E-state index in [2.05, 4.69) is 0 Å². The summed E-state index contributed by atoms with van der Waals surface area (Å²) in [6.07, 6.45) is 3.23. The first-order valence-corrected chi connectivity index (χ1v) is 8.28. The number of hydrogen-bond donors (Lipinski definition) is 1. The number of piperidine rings is 1. The smallest absolute Gasteiger partial charge is 0.243 e. The summed E-state index contributed by atoms with van der Waals surface area (Å²) in [7, 11) is -3.34. The van der Waals surface area contributed by atoms with Crippen LogP contribution < -0.4 is 5.73 Å². The number of nitrogens with two attached hydrogens (primary N) is 1. The molecule has 5 heteroatoms. The predicted octanol–water partition coefficient (Wildman–Crippen LogP) is 1.63. The molecule has 1 aliphatic heterocycles. The van der Waals surface area contributed by atoms with Crippen molar-refractivity contribution in [3.63, 3.8) is 0 Å². The fourth-order valence-electron chi connectivity index (χ4n) is 3.34. The van der Waals surface area contributed by atoms with Crippen LogP contribution in [-0.4, -0.2) is 25.3 Å². The molecule has 0 radical (unpaired) electrons. The molecule has 1 aromatic carbocycles. The monoisotopic (exact) mass is 280 g/mol. The molecule has 0 aromatic heterocycles. The van der Waals surface area contributed by atoms with Crippen molar-refractivity contribution in [3.8, 4) is 0 Å². The number of fused-ring (bicyclic) bond motifs is 2. The fraction of sp³-hybridized carbons (Fsp3) is 0.571. The Bertz CT molecular complexity index is 597. The van der Waals surface area contributed by atoms with Crippen molar-refractivity contribution < 1.29 is 8.42 Å². The molecule has 0 spiro atoms. The third-order valence-corrected chi connectivity index (χ3v) is 6.42. The highest BCUT2D eigenvalue weighted by molar-refractivity contribution is 7.89. The van der Waals surface area contributed by atoms with Crippen molar-refractivity contribution >= 4 is 10.0 Å². The van der Waals surface area contributed by atoms with Gasteiger partial charge in [0.25, 0.3) is 0 Å². The molecule has 2 unspecified atom stereocenters. The van der Waals surface area contributed by atoms with Crippen LogP contribution >= 0.6 is 0 Å². The lowest BCUT2D eigenvalue weighted by Gasteiger charge is -2.26. The van der Waals surface area contributed by atoms with Gasteiger partial charge in [-0.15, -0.1) is 0 Å². The molecule has 2 N–H and O–H groups in total. The van der Waals surface area contributed by atoms with Crippen LogP contribution in [0, 0.1) is 12.8 Å². The van der Waals surface area contributed by atoms with E-state index < -0.39 is 10.0 Å². The van der Waals surface area contributed by atoms with Gasteiger partial charge in [-0.2, -0.15) is 4.31 Å². The second-order valence-electron chi connectivity index (χ2n) is 5.70. The van der Waals surface area contributed by atoms with Crippen LogP contribution in [-0.2, 0) is 16.6 Å². The molecule has 19 heavy (non-hydrogen) atoms. The van der Waals surface area contributed by atoms with Gasteiger partial charge < -0.3 is 5.73 Å². The van der Waals surface area contributed by atoms with Crippen molar-refractivity contribution in [2.24, 2.45) is 11.7 Å². The molecule has 2 aliphatic rings. The molecule has 1 saturated carbocycles. The summed E-state index contributed by atoms with van der Waals surface area (Å²) in [5.74, 6) is 0.569. The van der Waals surface area contributed by atoms with Crippen LogP contribution in [0.4, 0.5) is 0 Å². The van der Waals surface area contributed by atoms with Gasteiger partial charge in [0, 0.05) is 19.1 Å². The van der Waals surface area contributed by atoms with Crippen molar-refractivity contribution in [1.82, 2.24) is 4.31 Å². The standard InChI is InChI=1S/C14H20N2O2S/c1-10-2-5-14(7-12(10)8-15)19(17,18)16-9-11-3-4-13(16)6-11/h2,5,7,11,13H,3-4,6,8-9,15H2,1H3. The van der Waals surface area contributed by atoms with E-state index >= 15 is 0 Å². The summed E-state index contributed by atoms with van der Waals surface area (Å²) in [4.78, 5) is 0.395. The first kappa shape index (κ1) is 13.1. The molecule has 2 bridgehead atoms. The van der Waals surface area contributed by atoms with Gasteiger partial charge in [-0.3, -0.25) is 0 Å². The number of aryl methyl sites for hydroxylation is 1. The van der Waals surface area contributed by atoms with Crippen LogP contribution in [0.2, 0.25) is 0 Å². The maximum atomic E-state index is 12.7. The Kier molecular flexibility index (Phi) is 3.15. The first-order chi connectivity index (χ1) is 9.02. The van der Waals surface area contributed by atoms with Gasteiger partial charge in [-0.1, -0.05) is 6.07 Å². The normalized spacial score (nSPS) is 27.1. The first-order valence-electron chi connectivity index (χ1n) is 6.84. The topological polar surface area (TPSA) is 63.4 Å². The van der Waals surface area contributed by atoms with Gasteiger partial charge in [0.2, 0.25) is 10.0 Å². The predicted molar refractivity (Wildman–Crippen MR) is 74.1 cm³/mol. The third kappa shape index (κ3) is 2.10. The lowest BCUT2D eigenvalue weighted by Crippen LogP contribution is -2.37. The van der Waals surface area contributed by atoms with Crippen molar-refractivity contribution in [3.05, 3.63) is 29.3 Å². The van der Waals surface area contributed by atoms with Crippen LogP contribution in [0.3, 0.4) is 0 Å². The Morgan fingerprint density at radius 1 is 1.37 bits per heavy atom.